The minimum atomic E-state index is -0.179. The van der Waals surface area contributed by atoms with E-state index in [4.69, 9.17) is 4.74 Å². The van der Waals surface area contributed by atoms with Crippen LogP contribution < -0.4 is 15.4 Å². The molecule has 0 spiro atoms. The van der Waals surface area contributed by atoms with Crippen molar-refractivity contribution >= 4 is 11.7 Å². The van der Waals surface area contributed by atoms with Crippen LogP contribution in [-0.2, 0) is 6.54 Å². The summed E-state index contributed by atoms with van der Waals surface area (Å²) in [5.74, 6) is 1.20. The molecule has 138 valence electrons. The number of benzene rings is 2. The molecule has 0 unspecified atom stereocenters. The fourth-order valence-electron chi connectivity index (χ4n) is 3.34. The maximum atomic E-state index is 12.1. The number of urea groups is 1. The second-order valence-corrected chi connectivity index (χ2v) is 6.74. The van der Waals surface area contributed by atoms with E-state index >= 15 is 0 Å². The molecule has 0 bridgehead atoms. The Labute approximate surface area is 155 Å². The first-order chi connectivity index (χ1) is 12.7. The zero-order chi connectivity index (χ0) is 18.2. The number of likely N-dealkylation sites (tertiary alicyclic amines) is 1. The Kier molecular flexibility index (Phi) is 6.50. The molecular weight excluding hydrogens is 326 g/mol. The molecule has 1 saturated heterocycles. The van der Waals surface area contributed by atoms with Gasteiger partial charge in [-0.1, -0.05) is 42.5 Å². The Morgan fingerprint density at radius 1 is 1.08 bits per heavy atom. The van der Waals surface area contributed by atoms with Crippen LogP contribution in [0.5, 0.6) is 5.75 Å². The Hall–Kier alpha value is -2.53. The van der Waals surface area contributed by atoms with E-state index in [0.717, 1.165) is 32.5 Å². The molecule has 0 aromatic heterocycles. The van der Waals surface area contributed by atoms with Crippen molar-refractivity contribution in [3.8, 4) is 5.75 Å². The van der Waals surface area contributed by atoms with E-state index in [2.05, 4.69) is 45.9 Å². The first-order valence-electron chi connectivity index (χ1n) is 9.19. The lowest BCUT2D eigenvalue weighted by Gasteiger charge is -2.32. The Morgan fingerprint density at radius 3 is 2.50 bits per heavy atom. The van der Waals surface area contributed by atoms with Crippen molar-refractivity contribution in [1.82, 2.24) is 10.2 Å². The molecule has 1 aliphatic heterocycles. The lowest BCUT2D eigenvalue weighted by atomic mass is 9.96. The summed E-state index contributed by atoms with van der Waals surface area (Å²) in [5, 5.41) is 5.85. The molecule has 5 nitrogen and oxygen atoms in total. The number of rotatable bonds is 6. The first kappa shape index (κ1) is 18.3. The lowest BCUT2D eigenvalue weighted by molar-refractivity contribution is 0.175. The first-order valence-corrected chi connectivity index (χ1v) is 9.19. The van der Waals surface area contributed by atoms with E-state index in [9.17, 15) is 4.79 Å². The van der Waals surface area contributed by atoms with Crippen LogP contribution in [0.15, 0.2) is 54.6 Å². The highest BCUT2D eigenvalue weighted by molar-refractivity contribution is 5.90. The zero-order valence-electron chi connectivity index (χ0n) is 15.3. The summed E-state index contributed by atoms with van der Waals surface area (Å²) in [7, 11) is 1.60. The third-order valence-corrected chi connectivity index (χ3v) is 4.86. The van der Waals surface area contributed by atoms with E-state index in [0.29, 0.717) is 23.9 Å². The summed E-state index contributed by atoms with van der Waals surface area (Å²) >= 11 is 0. The van der Waals surface area contributed by atoms with Crippen molar-refractivity contribution in [1.29, 1.82) is 0 Å². The topological polar surface area (TPSA) is 53.6 Å². The van der Waals surface area contributed by atoms with Crippen LogP contribution in [-0.4, -0.2) is 37.7 Å². The highest BCUT2D eigenvalue weighted by atomic mass is 16.5. The number of nitrogens with zero attached hydrogens (tertiary/aromatic N) is 1. The number of piperidine rings is 1. The number of nitrogens with one attached hydrogen (secondary N) is 2. The molecule has 0 radical (unpaired) electrons. The van der Waals surface area contributed by atoms with Crippen LogP contribution in [0.1, 0.15) is 18.4 Å². The van der Waals surface area contributed by atoms with Gasteiger partial charge in [0.1, 0.15) is 5.75 Å². The molecule has 2 aromatic rings. The largest absolute Gasteiger partial charge is 0.495 e. The molecule has 0 saturated carbocycles. The van der Waals surface area contributed by atoms with E-state index in [1.54, 1.807) is 7.11 Å². The molecule has 1 aliphatic rings. The van der Waals surface area contributed by atoms with Gasteiger partial charge in [-0.3, -0.25) is 4.90 Å². The Bertz CT molecular complexity index is 697. The van der Waals surface area contributed by atoms with Crippen molar-refractivity contribution in [2.45, 2.75) is 19.4 Å². The Balaban J connectivity index is 1.39. The van der Waals surface area contributed by atoms with Gasteiger partial charge >= 0.3 is 6.03 Å². The van der Waals surface area contributed by atoms with Gasteiger partial charge in [0, 0.05) is 13.1 Å². The van der Waals surface area contributed by atoms with Crippen molar-refractivity contribution in [3.05, 3.63) is 60.2 Å². The fourth-order valence-corrected chi connectivity index (χ4v) is 3.34. The lowest BCUT2D eigenvalue weighted by Crippen LogP contribution is -2.39. The SMILES string of the molecule is COc1ccccc1NC(=O)NCC1CCN(Cc2ccccc2)CC1. The highest BCUT2D eigenvalue weighted by Crippen LogP contribution is 2.23. The summed E-state index contributed by atoms with van der Waals surface area (Å²) in [4.78, 5) is 14.6. The van der Waals surface area contributed by atoms with E-state index in [1.807, 2.05) is 24.3 Å². The van der Waals surface area contributed by atoms with Crippen LogP contribution >= 0.6 is 0 Å². The number of anilines is 1. The van der Waals surface area contributed by atoms with Gasteiger partial charge in [-0.05, 0) is 49.5 Å². The van der Waals surface area contributed by atoms with Gasteiger partial charge in [0.25, 0.3) is 0 Å². The third kappa shape index (κ3) is 5.23. The van der Waals surface area contributed by atoms with Gasteiger partial charge in [-0.25, -0.2) is 4.79 Å². The molecule has 1 fully saturated rings. The van der Waals surface area contributed by atoms with Gasteiger partial charge in [0.05, 0.1) is 12.8 Å². The predicted octanol–water partition coefficient (Wildman–Crippen LogP) is 3.73. The molecule has 3 rings (SSSR count). The summed E-state index contributed by atoms with van der Waals surface area (Å²) in [6.07, 6.45) is 2.23. The van der Waals surface area contributed by atoms with Gasteiger partial charge in [-0.2, -0.15) is 0 Å². The highest BCUT2D eigenvalue weighted by Gasteiger charge is 2.19. The smallest absolute Gasteiger partial charge is 0.319 e. The van der Waals surface area contributed by atoms with Gasteiger partial charge in [0.2, 0.25) is 0 Å². The quantitative estimate of drug-likeness (QED) is 0.832. The average molecular weight is 353 g/mol. The molecule has 5 heteroatoms. The molecule has 2 N–H and O–H groups in total. The summed E-state index contributed by atoms with van der Waals surface area (Å²) in [5.41, 5.74) is 2.05. The maximum absolute atomic E-state index is 12.1. The number of methoxy groups -OCH3 is 1. The monoisotopic (exact) mass is 353 g/mol. The Morgan fingerprint density at radius 2 is 1.77 bits per heavy atom. The van der Waals surface area contributed by atoms with Gasteiger partial charge in [-0.15, -0.1) is 0 Å². The molecule has 0 atom stereocenters. The molecule has 2 amide bonds. The van der Waals surface area contributed by atoms with Crippen LogP contribution in [0, 0.1) is 5.92 Å². The van der Waals surface area contributed by atoms with Crippen molar-refractivity contribution in [2.24, 2.45) is 5.92 Å². The standard InChI is InChI=1S/C21H27N3O2/c1-26-20-10-6-5-9-19(20)23-21(25)22-15-17-11-13-24(14-12-17)16-18-7-3-2-4-8-18/h2-10,17H,11-16H2,1H3,(H2,22,23,25). The molecule has 0 aliphatic carbocycles. The van der Waals surface area contributed by atoms with Gasteiger partial charge in [0.15, 0.2) is 0 Å². The molecule has 26 heavy (non-hydrogen) atoms. The fraction of sp³-hybridized carbons (Fsp3) is 0.381. The number of hydrogen-bond donors (Lipinski definition) is 2. The number of ether oxygens (including phenoxy) is 1. The summed E-state index contributed by atoms with van der Waals surface area (Å²) < 4.78 is 5.25. The van der Waals surface area contributed by atoms with Crippen molar-refractivity contribution in [3.63, 3.8) is 0 Å². The van der Waals surface area contributed by atoms with Crippen LogP contribution in [0.3, 0.4) is 0 Å². The van der Waals surface area contributed by atoms with E-state index in [-0.39, 0.29) is 6.03 Å². The number of para-hydroxylation sites is 2. The van der Waals surface area contributed by atoms with Crippen molar-refractivity contribution < 1.29 is 9.53 Å². The number of amides is 2. The molecule has 2 aromatic carbocycles. The average Bonchev–Trinajstić information content (AvgIpc) is 2.69. The number of carbonyl (C=O) groups excluding carboxylic acids is 1. The second kappa shape index (κ2) is 9.25. The van der Waals surface area contributed by atoms with Crippen LogP contribution in [0.2, 0.25) is 0 Å². The zero-order valence-corrected chi connectivity index (χ0v) is 15.3. The molecular formula is C21H27N3O2. The number of hydrogen-bond acceptors (Lipinski definition) is 3. The minimum absolute atomic E-state index is 0.179. The van der Waals surface area contributed by atoms with E-state index in [1.165, 1.54) is 5.56 Å². The van der Waals surface area contributed by atoms with Crippen molar-refractivity contribution in [2.75, 3.05) is 32.1 Å². The summed E-state index contributed by atoms with van der Waals surface area (Å²) in [6, 6.07) is 17.8. The maximum Gasteiger partial charge on any atom is 0.319 e. The number of carbonyl (C=O) groups is 1. The van der Waals surface area contributed by atoms with Crippen LogP contribution in [0.4, 0.5) is 10.5 Å². The van der Waals surface area contributed by atoms with Gasteiger partial charge < -0.3 is 15.4 Å². The van der Waals surface area contributed by atoms with E-state index < -0.39 is 0 Å². The summed E-state index contributed by atoms with van der Waals surface area (Å²) in [6.45, 7) is 3.88. The second-order valence-electron chi connectivity index (χ2n) is 6.74. The predicted molar refractivity (Wildman–Crippen MR) is 104 cm³/mol. The third-order valence-electron chi connectivity index (χ3n) is 4.86. The normalized spacial score (nSPS) is 15.4. The van der Waals surface area contributed by atoms with Crippen LogP contribution in [0.25, 0.3) is 0 Å². The molecule has 1 heterocycles. The minimum Gasteiger partial charge on any atom is -0.495 e.